The van der Waals surface area contributed by atoms with Crippen LogP contribution in [0.25, 0.3) is 10.8 Å². The number of unbranched alkanes of at least 4 members (excludes halogenated alkanes) is 1. The number of likely N-dealkylation sites (N-methyl/N-ethyl adjacent to an activating group) is 1. The fraction of sp³-hybridized carbons (Fsp3) is 0.721. The quantitative estimate of drug-likeness (QED) is 0.170. The number of aryl methyl sites for hydroxylation is 1. The number of ketones is 2. The number of aromatic nitrogens is 1. The number of pyridine rings is 1. The molecule has 0 amide bonds. The lowest BCUT2D eigenvalue weighted by Gasteiger charge is -2.47. The van der Waals surface area contributed by atoms with Crippen molar-refractivity contribution >= 4 is 28.3 Å². The molecular weight excluding hydrogens is 723 g/mol. The van der Waals surface area contributed by atoms with Gasteiger partial charge in [0.15, 0.2) is 12.1 Å². The number of rotatable bonds is 11. The van der Waals surface area contributed by atoms with E-state index in [1.165, 1.54) is 21.0 Å². The standard InChI is InChI=1S/C43H65FN2O10/c1-12-33-43(8,51)38(53-20-16-15-18-30-24-45-23-29-17-13-14-19-31(29)30)27(4)34(47)25(2)22-41(6,52-11)37(28(5)36(49)42(7,44)40(50)55-33)56-39-35(48)32(46(9)10)21-26(3)54-39/h13-14,17,19,23-28,32-33,35,37-39,48,51H,12,15-16,18,20-22H2,1-11H3/t25-,26-,27-,28+,32+,33+,35-,37-,38?,39+,41+,42+,43-/m1/s1. The summed E-state index contributed by atoms with van der Waals surface area (Å²) in [7, 11) is 5.06. The number of cyclic esters (lactones) is 1. The van der Waals surface area contributed by atoms with Crippen molar-refractivity contribution in [2.45, 2.75) is 154 Å². The van der Waals surface area contributed by atoms with Crippen LogP contribution in [0.3, 0.4) is 0 Å². The van der Waals surface area contributed by atoms with E-state index in [0.29, 0.717) is 12.8 Å². The number of fused-ring (bicyclic) bond motifs is 1. The molecule has 4 rings (SSSR count). The molecule has 2 fully saturated rings. The molecule has 0 bridgehead atoms. The third kappa shape index (κ3) is 9.85. The van der Waals surface area contributed by atoms with Crippen LogP contribution in [0.15, 0.2) is 36.7 Å². The van der Waals surface area contributed by atoms with Crippen LogP contribution < -0.4 is 0 Å². The van der Waals surface area contributed by atoms with Gasteiger partial charge in [-0.25, -0.2) is 9.18 Å². The van der Waals surface area contributed by atoms with E-state index in [-0.39, 0.29) is 37.4 Å². The second-order valence-corrected chi connectivity index (χ2v) is 16.9. The van der Waals surface area contributed by atoms with Crippen LogP contribution >= 0.6 is 0 Å². The molecule has 2 saturated heterocycles. The van der Waals surface area contributed by atoms with Crippen molar-refractivity contribution in [2.75, 3.05) is 27.8 Å². The molecule has 0 spiro atoms. The van der Waals surface area contributed by atoms with Gasteiger partial charge in [-0.15, -0.1) is 0 Å². The van der Waals surface area contributed by atoms with Crippen molar-refractivity contribution in [1.29, 1.82) is 0 Å². The number of aliphatic hydroxyl groups is 2. The van der Waals surface area contributed by atoms with Crippen molar-refractivity contribution in [2.24, 2.45) is 17.8 Å². The zero-order valence-corrected chi connectivity index (χ0v) is 35.1. The molecule has 13 heteroatoms. The average molecular weight is 789 g/mol. The van der Waals surface area contributed by atoms with Crippen molar-refractivity contribution in [1.82, 2.24) is 9.88 Å². The van der Waals surface area contributed by atoms with Gasteiger partial charge in [0.05, 0.1) is 23.9 Å². The molecular formula is C43H65FN2O10. The highest BCUT2D eigenvalue weighted by atomic mass is 19.1. The molecule has 12 nitrogen and oxygen atoms in total. The van der Waals surface area contributed by atoms with Crippen LogP contribution in [0.2, 0.25) is 0 Å². The Hall–Kier alpha value is -2.91. The molecule has 314 valence electrons. The number of methoxy groups -OCH3 is 1. The van der Waals surface area contributed by atoms with E-state index in [4.69, 9.17) is 23.7 Å². The number of hydrogen-bond donors (Lipinski definition) is 2. The number of alkyl halides is 1. The van der Waals surface area contributed by atoms with E-state index in [2.05, 4.69) is 11.1 Å². The first-order valence-electron chi connectivity index (χ1n) is 20.0. The molecule has 0 radical (unpaired) electrons. The van der Waals surface area contributed by atoms with Crippen LogP contribution in [0.5, 0.6) is 0 Å². The Morgan fingerprint density at radius 2 is 1.68 bits per heavy atom. The number of carbonyl (C=O) groups is 3. The fourth-order valence-electron chi connectivity index (χ4n) is 8.74. The Morgan fingerprint density at radius 1 is 1.00 bits per heavy atom. The van der Waals surface area contributed by atoms with Gasteiger partial charge < -0.3 is 38.8 Å². The number of benzene rings is 1. The highest BCUT2D eigenvalue weighted by Gasteiger charge is 2.56. The number of halogens is 1. The summed E-state index contributed by atoms with van der Waals surface area (Å²) in [5.74, 6) is -5.90. The third-order valence-corrected chi connectivity index (χ3v) is 12.2. The number of aliphatic hydroxyl groups excluding tert-OH is 1. The molecule has 2 aliphatic heterocycles. The van der Waals surface area contributed by atoms with Crippen LogP contribution in [-0.2, 0) is 44.5 Å². The molecule has 1 aromatic heterocycles. The summed E-state index contributed by atoms with van der Waals surface area (Å²) in [6, 6.07) is 7.68. The minimum absolute atomic E-state index is 0.00300. The van der Waals surface area contributed by atoms with Crippen LogP contribution in [0, 0.1) is 17.8 Å². The highest BCUT2D eigenvalue weighted by Crippen LogP contribution is 2.40. The van der Waals surface area contributed by atoms with Crippen LogP contribution in [-0.4, -0.2) is 125 Å². The molecule has 2 aromatic rings. The van der Waals surface area contributed by atoms with Gasteiger partial charge in [-0.05, 0) is 91.3 Å². The molecule has 1 aromatic carbocycles. The first-order valence-corrected chi connectivity index (χ1v) is 20.0. The maximum atomic E-state index is 16.7. The van der Waals surface area contributed by atoms with Gasteiger partial charge in [0, 0.05) is 55.3 Å². The molecule has 1 unspecified atom stereocenters. The Labute approximate surface area is 331 Å². The molecule has 13 atom stereocenters. The van der Waals surface area contributed by atoms with Gasteiger partial charge in [-0.2, -0.15) is 0 Å². The van der Waals surface area contributed by atoms with E-state index in [1.54, 1.807) is 27.7 Å². The minimum atomic E-state index is -3.17. The zero-order chi connectivity index (χ0) is 41.7. The van der Waals surface area contributed by atoms with E-state index >= 15 is 4.39 Å². The van der Waals surface area contributed by atoms with Crippen LogP contribution in [0.1, 0.15) is 93.1 Å². The fourth-order valence-corrected chi connectivity index (χ4v) is 8.74. The van der Waals surface area contributed by atoms with Gasteiger partial charge >= 0.3 is 5.97 Å². The number of hydrogen-bond acceptors (Lipinski definition) is 12. The lowest BCUT2D eigenvalue weighted by Crippen LogP contribution is -2.61. The summed E-state index contributed by atoms with van der Waals surface area (Å²) in [5, 5.41) is 25.7. The van der Waals surface area contributed by atoms with Gasteiger partial charge in [0.2, 0.25) is 0 Å². The monoisotopic (exact) mass is 788 g/mol. The minimum Gasteiger partial charge on any atom is -0.457 e. The van der Waals surface area contributed by atoms with Crippen molar-refractivity contribution < 1.29 is 52.7 Å². The summed E-state index contributed by atoms with van der Waals surface area (Å²) in [6.07, 6.45) is -0.225. The summed E-state index contributed by atoms with van der Waals surface area (Å²) in [6.45, 7) is 12.4. The Kier molecular flexibility index (Phi) is 15.4. The highest BCUT2D eigenvalue weighted by molar-refractivity contribution is 6.07. The molecule has 2 aliphatic rings. The third-order valence-electron chi connectivity index (χ3n) is 12.2. The normalized spacial score (nSPS) is 38.1. The van der Waals surface area contributed by atoms with Crippen molar-refractivity contribution in [3.8, 4) is 0 Å². The first-order chi connectivity index (χ1) is 26.2. The Bertz CT molecular complexity index is 1650. The summed E-state index contributed by atoms with van der Waals surface area (Å²) in [4.78, 5) is 48.5. The SMILES string of the molecule is CC[C@@H]1OC(=O)[C@@](C)(F)C(=O)[C@H](C)[C@@H](O[C@@H]2O[C@H](C)C[C@H](N(C)C)[C@H]2O)[C@@](C)(OC)C[C@@H](C)C(=O)[C@@H](C)C(OCCCCc2cncc3ccccc23)[C@]1(C)O. The molecule has 3 heterocycles. The van der Waals surface area contributed by atoms with Gasteiger partial charge in [-0.1, -0.05) is 52.0 Å². The van der Waals surface area contributed by atoms with Crippen molar-refractivity contribution in [3.63, 3.8) is 0 Å². The van der Waals surface area contributed by atoms with Crippen LogP contribution in [0.4, 0.5) is 4.39 Å². The number of Topliss-reactive ketones (excluding diaryl/α,β-unsaturated/α-hetero) is 2. The zero-order valence-electron chi connectivity index (χ0n) is 35.1. The molecule has 0 saturated carbocycles. The van der Waals surface area contributed by atoms with Gasteiger partial charge in [0.1, 0.15) is 23.6 Å². The Morgan fingerprint density at radius 3 is 2.32 bits per heavy atom. The molecule has 0 aliphatic carbocycles. The second kappa shape index (κ2) is 18.8. The smallest absolute Gasteiger partial charge is 0.351 e. The lowest BCUT2D eigenvalue weighted by atomic mass is 9.74. The topological polar surface area (TPSA) is 154 Å². The largest absolute Gasteiger partial charge is 0.457 e. The predicted octanol–water partition coefficient (Wildman–Crippen LogP) is 5.41. The first kappa shape index (κ1) is 45.8. The Balaban J connectivity index is 1.66. The summed E-state index contributed by atoms with van der Waals surface area (Å²) >= 11 is 0. The molecule has 56 heavy (non-hydrogen) atoms. The number of esters is 1. The predicted molar refractivity (Wildman–Crippen MR) is 210 cm³/mol. The molecule has 2 N–H and O–H groups in total. The number of nitrogens with zero attached hydrogens (tertiary/aromatic N) is 2. The second-order valence-electron chi connectivity index (χ2n) is 16.9. The van der Waals surface area contributed by atoms with E-state index in [1.807, 2.05) is 56.5 Å². The lowest BCUT2D eigenvalue weighted by molar-refractivity contribution is -0.295. The number of ether oxygens (including phenoxy) is 5. The van der Waals surface area contributed by atoms with E-state index in [0.717, 1.165) is 36.1 Å². The number of carbonyl (C=O) groups excluding carboxylic acids is 3. The average Bonchev–Trinajstić information content (AvgIpc) is 3.16. The van der Waals surface area contributed by atoms with Gasteiger partial charge in [0.25, 0.3) is 5.67 Å². The summed E-state index contributed by atoms with van der Waals surface area (Å²) in [5.41, 5.74) is -5.47. The summed E-state index contributed by atoms with van der Waals surface area (Å²) < 4.78 is 47.3. The maximum absolute atomic E-state index is 16.7. The van der Waals surface area contributed by atoms with E-state index in [9.17, 15) is 24.6 Å². The van der Waals surface area contributed by atoms with E-state index < -0.39 is 77.1 Å². The van der Waals surface area contributed by atoms with Crippen molar-refractivity contribution in [3.05, 3.63) is 42.2 Å². The maximum Gasteiger partial charge on any atom is 0.351 e. The van der Waals surface area contributed by atoms with Gasteiger partial charge in [-0.3, -0.25) is 14.6 Å².